The van der Waals surface area contributed by atoms with Gasteiger partial charge in [0.1, 0.15) is 0 Å². The Balaban J connectivity index is 0.00000400. The number of amides is 1. The summed E-state index contributed by atoms with van der Waals surface area (Å²) in [6.07, 6.45) is 0.991. The monoisotopic (exact) mass is 410 g/mol. The van der Waals surface area contributed by atoms with Crippen molar-refractivity contribution in [3.05, 3.63) is 0 Å². The Morgan fingerprint density at radius 2 is 2.00 bits per heavy atom. The number of hydrogen-bond donors (Lipinski definition) is 2. The van der Waals surface area contributed by atoms with Crippen molar-refractivity contribution >= 4 is 35.8 Å². The number of carbonyl (C=O) groups is 1. The molecular weight excluding hydrogens is 379 g/mol. The lowest BCUT2D eigenvalue weighted by Gasteiger charge is -2.20. The highest BCUT2D eigenvalue weighted by molar-refractivity contribution is 14.0. The van der Waals surface area contributed by atoms with Crippen molar-refractivity contribution < 1.29 is 4.79 Å². The van der Waals surface area contributed by atoms with Crippen LogP contribution in [0.5, 0.6) is 0 Å². The summed E-state index contributed by atoms with van der Waals surface area (Å²) in [5, 5.41) is 6.71. The molecule has 1 amide bonds. The Morgan fingerprint density at radius 3 is 2.52 bits per heavy atom. The molecule has 0 aromatic rings. The summed E-state index contributed by atoms with van der Waals surface area (Å²) in [4.78, 5) is 18.5. The van der Waals surface area contributed by atoms with Gasteiger partial charge in [0.15, 0.2) is 5.96 Å². The minimum absolute atomic E-state index is 0. The van der Waals surface area contributed by atoms with E-state index in [9.17, 15) is 4.79 Å². The molecule has 1 aliphatic heterocycles. The fourth-order valence-electron chi connectivity index (χ4n) is 2.23. The maximum absolute atomic E-state index is 12.0. The topological polar surface area (TPSA) is 56.7 Å². The van der Waals surface area contributed by atoms with Crippen molar-refractivity contribution in [1.29, 1.82) is 0 Å². The molecule has 1 atom stereocenters. The molecule has 0 aromatic heterocycles. The van der Waals surface area contributed by atoms with Crippen molar-refractivity contribution in [3.8, 4) is 0 Å². The van der Waals surface area contributed by atoms with E-state index in [0.717, 1.165) is 38.6 Å². The second-order valence-electron chi connectivity index (χ2n) is 6.18. The van der Waals surface area contributed by atoms with Gasteiger partial charge in [-0.25, -0.2) is 0 Å². The molecule has 1 unspecified atom stereocenters. The number of rotatable bonds is 5. The Hall–Kier alpha value is -0.530. The first-order valence-electron chi connectivity index (χ1n) is 7.77. The Bertz CT molecular complexity index is 345. The Morgan fingerprint density at radius 1 is 1.33 bits per heavy atom. The summed E-state index contributed by atoms with van der Waals surface area (Å²) in [5.41, 5.74) is 0. The van der Waals surface area contributed by atoms with E-state index in [2.05, 4.69) is 36.4 Å². The first kappa shape index (κ1) is 20.5. The van der Waals surface area contributed by atoms with Gasteiger partial charge in [-0.05, 0) is 19.3 Å². The second-order valence-corrected chi connectivity index (χ2v) is 6.18. The first-order valence-corrected chi connectivity index (χ1v) is 7.77. The van der Waals surface area contributed by atoms with Crippen LogP contribution in [0.25, 0.3) is 0 Å². The van der Waals surface area contributed by atoms with Crippen LogP contribution in [0.15, 0.2) is 4.99 Å². The first-order chi connectivity index (χ1) is 9.43. The van der Waals surface area contributed by atoms with Gasteiger partial charge in [0.25, 0.3) is 0 Å². The Kier molecular flexibility index (Phi) is 9.98. The van der Waals surface area contributed by atoms with Crippen LogP contribution < -0.4 is 10.6 Å². The van der Waals surface area contributed by atoms with Crippen LogP contribution in [0, 0.1) is 11.8 Å². The lowest BCUT2D eigenvalue weighted by Crippen LogP contribution is -2.45. The van der Waals surface area contributed by atoms with Crippen molar-refractivity contribution in [3.63, 3.8) is 0 Å². The molecule has 21 heavy (non-hydrogen) atoms. The van der Waals surface area contributed by atoms with Gasteiger partial charge in [-0.2, -0.15) is 0 Å². The van der Waals surface area contributed by atoms with E-state index in [1.165, 1.54) is 0 Å². The van der Waals surface area contributed by atoms with Crippen molar-refractivity contribution in [2.24, 2.45) is 16.8 Å². The van der Waals surface area contributed by atoms with E-state index in [-0.39, 0.29) is 35.8 Å². The zero-order valence-corrected chi connectivity index (χ0v) is 16.3. The molecule has 1 heterocycles. The molecule has 1 fully saturated rings. The van der Waals surface area contributed by atoms with Crippen LogP contribution in [-0.2, 0) is 4.79 Å². The van der Waals surface area contributed by atoms with E-state index in [1.54, 1.807) is 0 Å². The highest BCUT2D eigenvalue weighted by Gasteiger charge is 2.27. The van der Waals surface area contributed by atoms with Gasteiger partial charge in [-0.1, -0.05) is 27.7 Å². The number of nitrogens with zero attached hydrogens (tertiary/aromatic N) is 2. The molecule has 1 rings (SSSR count). The van der Waals surface area contributed by atoms with Gasteiger partial charge in [0.05, 0.1) is 0 Å². The number of aliphatic imine (C=N–C) groups is 1. The van der Waals surface area contributed by atoms with Gasteiger partial charge in [0.2, 0.25) is 5.91 Å². The Labute approximate surface area is 146 Å². The van der Waals surface area contributed by atoms with Gasteiger partial charge in [-0.3, -0.25) is 9.79 Å². The minimum Gasteiger partial charge on any atom is -0.357 e. The normalized spacial score (nSPS) is 18.9. The maximum Gasteiger partial charge on any atom is 0.225 e. The van der Waals surface area contributed by atoms with Crippen LogP contribution in [0.2, 0.25) is 0 Å². The van der Waals surface area contributed by atoms with Gasteiger partial charge in [-0.15, -0.1) is 24.0 Å². The molecule has 2 N–H and O–H groups in total. The zero-order chi connectivity index (χ0) is 15.1. The largest absolute Gasteiger partial charge is 0.357 e. The molecule has 0 aliphatic carbocycles. The highest BCUT2D eigenvalue weighted by atomic mass is 127. The molecule has 5 nitrogen and oxygen atoms in total. The summed E-state index contributed by atoms with van der Waals surface area (Å²) < 4.78 is 0. The average Bonchev–Trinajstić information content (AvgIpc) is 2.83. The van der Waals surface area contributed by atoms with Crippen LogP contribution >= 0.6 is 24.0 Å². The molecule has 1 saturated heterocycles. The predicted molar refractivity (Wildman–Crippen MR) is 99.2 cm³/mol. The molecule has 6 heteroatoms. The van der Waals surface area contributed by atoms with E-state index >= 15 is 0 Å². The predicted octanol–water partition coefficient (Wildman–Crippen LogP) is 2.07. The average molecular weight is 410 g/mol. The van der Waals surface area contributed by atoms with Crippen LogP contribution in [0.4, 0.5) is 0 Å². The number of likely N-dealkylation sites (tertiary alicyclic amines) is 1. The fourth-order valence-corrected chi connectivity index (χ4v) is 2.23. The molecule has 0 aromatic carbocycles. The smallest absolute Gasteiger partial charge is 0.225 e. The maximum atomic E-state index is 12.0. The van der Waals surface area contributed by atoms with Crippen LogP contribution in [-0.4, -0.2) is 49.0 Å². The standard InChI is InChI=1S/C15H30N4O.HI/c1-6-16-15(17-9-11(2)3)18-13-7-8-19(10-13)14(20)12(4)5;/h11-13H,6-10H2,1-5H3,(H2,16,17,18);1H. The van der Waals surface area contributed by atoms with E-state index in [4.69, 9.17) is 0 Å². The molecule has 0 radical (unpaired) electrons. The van der Waals surface area contributed by atoms with E-state index < -0.39 is 0 Å². The number of guanidine groups is 1. The number of halogens is 1. The summed E-state index contributed by atoms with van der Waals surface area (Å²) in [6, 6.07) is 0.308. The number of nitrogens with one attached hydrogen (secondary N) is 2. The van der Waals surface area contributed by atoms with Crippen molar-refractivity contribution in [2.45, 2.75) is 47.1 Å². The van der Waals surface area contributed by atoms with Crippen molar-refractivity contribution in [2.75, 3.05) is 26.2 Å². The van der Waals surface area contributed by atoms with Gasteiger partial charge in [0, 0.05) is 38.1 Å². The third-order valence-electron chi connectivity index (χ3n) is 3.29. The zero-order valence-electron chi connectivity index (χ0n) is 14.0. The van der Waals surface area contributed by atoms with Crippen LogP contribution in [0.1, 0.15) is 41.0 Å². The van der Waals surface area contributed by atoms with E-state index in [1.807, 2.05) is 18.7 Å². The number of carbonyl (C=O) groups excluding carboxylic acids is 1. The molecule has 0 saturated carbocycles. The minimum atomic E-state index is 0. The second kappa shape index (κ2) is 10.2. The molecule has 124 valence electrons. The lowest BCUT2D eigenvalue weighted by atomic mass is 10.2. The molecular formula is C15H31IN4O. The molecule has 0 bridgehead atoms. The fraction of sp³-hybridized carbons (Fsp3) is 0.867. The highest BCUT2D eigenvalue weighted by Crippen LogP contribution is 2.12. The lowest BCUT2D eigenvalue weighted by molar-refractivity contribution is -0.133. The van der Waals surface area contributed by atoms with Gasteiger partial charge >= 0.3 is 0 Å². The van der Waals surface area contributed by atoms with Crippen LogP contribution in [0.3, 0.4) is 0 Å². The summed E-state index contributed by atoms with van der Waals surface area (Å²) >= 11 is 0. The van der Waals surface area contributed by atoms with Gasteiger partial charge < -0.3 is 15.5 Å². The number of hydrogen-bond acceptors (Lipinski definition) is 2. The van der Waals surface area contributed by atoms with E-state index in [0.29, 0.717) is 12.0 Å². The summed E-state index contributed by atoms with van der Waals surface area (Å²) in [5.74, 6) is 1.74. The SMILES string of the molecule is CCNC(=NCC(C)C)NC1CCN(C(=O)C(C)C)C1.I. The quantitative estimate of drug-likeness (QED) is 0.415. The summed E-state index contributed by atoms with van der Waals surface area (Å²) in [7, 11) is 0. The molecule has 1 aliphatic rings. The molecule has 0 spiro atoms. The van der Waals surface area contributed by atoms with Crippen molar-refractivity contribution in [1.82, 2.24) is 15.5 Å². The summed E-state index contributed by atoms with van der Waals surface area (Å²) in [6.45, 7) is 13.6. The third-order valence-corrected chi connectivity index (χ3v) is 3.29. The third kappa shape index (κ3) is 7.33.